The van der Waals surface area contributed by atoms with Crippen LogP contribution in [0.1, 0.15) is 36.4 Å². The Labute approximate surface area is 116 Å². The van der Waals surface area contributed by atoms with Gasteiger partial charge in [-0.3, -0.25) is 0 Å². The molecule has 0 aromatic carbocycles. The van der Waals surface area contributed by atoms with Crippen LogP contribution in [0.5, 0.6) is 0 Å². The molecule has 0 atom stereocenters. The van der Waals surface area contributed by atoms with Crippen LogP contribution in [0.3, 0.4) is 0 Å². The van der Waals surface area contributed by atoms with Gasteiger partial charge in [-0.15, -0.1) is 22.7 Å². The lowest BCUT2D eigenvalue weighted by Crippen LogP contribution is -1.98. The fraction of sp³-hybridized carbons (Fsp3) is 0.286. The zero-order valence-electron chi connectivity index (χ0n) is 10.6. The summed E-state index contributed by atoms with van der Waals surface area (Å²) in [6.07, 6.45) is 1.82. The zero-order chi connectivity index (χ0) is 12.8. The molecule has 0 unspecified atom stereocenters. The van der Waals surface area contributed by atoms with Crippen LogP contribution in [-0.2, 0) is 0 Å². The fourth-order valence-electron chi connectivity index (χ4n) is 1.59. The molecule has 0 fully saturated rings. The molecule has 2 aromatic heterocycles. The lowest BCUT2D eigenvalue weighted by Gasteiger charge is -2.00. The normalized spacial score (nSPS) is 13.0. The molecule has 0 amide bonds. The Bertz CT molecular complexity index is 472. The predicted octanol–water partition coefficient (Wildman–Crippen LogP) is 4.82. The van der Waals surface area contributed by atoms with E-state index in [-0.39, 0.29) is 0 Å². The molecule has 2 heterocycles. The van der Waals surface area contributed by atoms with Crippen molar-refractivity contribution in [2.24, 2.45) is 10.2 Å². The molecule has 0 saturated carbocycles. The molecule has 4 heteroatoms. The van der Waals surface area contributed by atoms with Crippen molar-refractivity contribution in [3.63, 3.8) is 0 Å². The van der Waals surface area contributed by atoms with E-state index in [0.717, 1.165) is 24.3 Å². The SMILES string of the molecule is CCC(=N/N=C(\CC)c1cccs1)c1cccs1. The third-order valence-corrected chi connectivity index (χ3v) is 4.41. The molecular weight excluding hydrogens is 260 g/mol. The highest BCUT2D eigenvalue weighted by Gasteiger charge is 2.04. The van der Waals surface area contributed by atoms with E-state index in [2.05, 4.69) is 59.1 Å². The highest BCUT2D eigenvalue weighted by Crippen LogP contribution is 2.15. The van der Waals surface area contributed by atoms with Crippen LogP contribution in [0.15, 0.2) is 45.2 Å². The summed E-state index contributed by atoms with van der Waals surface area (Å²) in [5.74, 6) is 0. The first kappa shape index (κ1) is 13.2. The minimum Gasteiger partial charge on any atom is -0.154 e. The average Bonchev–Trinajstić information content (AvgIpc) is 3.07. The minimum absolute atomic E-state index is 0.908. The van der Waals surface area contributed by atoms with Gasteiger partial charge in [0.15, 0.2) is 0 Å². The number of nitrogens with zero attached hydrogens (tertiary/aromatic N) is 2. The Hall–Kier alpha value is -1.26. The lowest BCUT2D eigenvalue weighted by molar-refractivity contribution is 1.14. The second kappa shape index (κ2) is 6.61. The molecule has 0 bridgehead atoms. The first-order valence-corrected chi connectivity index (χ1v) is 7.82. The van der Waals surface area contributed by atoms with E-state index in [1.165, 1.54) is 9.75 Å². The van der Waals surface area contributed by atoms with Gasteiger partial charge in [-0.2, -0.15) is 10.2 Å². The highest BCUT2D eigenvalue weighted by molar-refractivity contribution is 7.12. The van der Waals surface area contributed by atoms with Gasteiger partial charge in [0.25, 0.3) is 0 Å². The van der Waals surface area contributed by atoms with E-state index < -0.39 is 0 Å². The molecule has 94 valence electrons. The molecule has 0 saturated heterocycles. The summed E-state index contributed by atoms with van der Waals surface area (Å²) < 4.78 is 0. The summed E-state index contributed by atoms with van der Waals surface area (Å²) in [6.45, 7) is 4.23. The van der Waals surface area contributed by atoms with E-state index >= 15 is 0 Å². The van der Waals surface area contributed by atoms with Gasteiger partial charge in [-0.25, -0.2) is 0 Å². The maximum Gasteiger partial charge on any atom is 0.0799 e. The van der Waals surface area contributed by atoms with Gasteiger partial charge in [0.2, 0.25) is 0 Å². The van der Waals surface area contributed by atoms with Crippen LogP contribution in [-0.4, -0.2) is 11.4 Å². The maximum absolute atomic E-state index is 4.43. The number of hydrogen-bond donors (Lipinski definition) is 0. The monoisotopic (exact) mass is 276 g/mol. The van der Waals surface area contributed by atoms with Crippen molar-refractivity contribution in [2.75, 3.05) is 0 Å². The van der Waals surface area contributed by atoms with Crippen LogP contribution in [0.4, 0.5) is 0 Å². The molecule has 2 rings (SSSR count). The summed E-state index contributed by atoms with van der Waals surface area (Å²) in [6, 6.07) is 8.29. The smallest absolute Gasteiger partial charge is 0.0799 e. The lowest BCUT2D eigenvalue weighted by atomic mass is 10.2. The average molecular weight is 276 g/mol. The van der Waals surface area contributed by atoms with Gasteiger partial charge in [0, 0.05) is 0 Å². The molecular formula is C14H16N2S2. The van der Waals surface area contributed by atoms with Crippen molar-refractivity contribution in [1.82, 2.24) is 0 Å². The highest BCUT2D eigenvalue weighted by atomic mass is 32.1. The van der Waals surface area contributed by atoms with E-state index in [1.54, 1.807) is 22.7 Å². The zero-order valence-corrected chi connectivity index (χ0v) is 12.2. The summed E-state index contributed by atoms with van der Waals surface area (Å²) in [7, 11) is 0. The Morgan fingerprint density at radius 1 is 0.889 bits per heavy atom. The van der Waals surface area contributed by atoms with Gasteiger partial charge in [0.1, 0.15) is 0 Å². The Kier molecular flexibility index (Phi) is 4.84. The van der Waals surface area contributed by atoms with Gasteiger partial charge in [-0.1, -0.05) is 26.0 Å². The summed E-state index contributed by atoms with van der Waals surface area (Å²) in [4.78, 5) is 2.42. The summed E-state index contributed by atoms with van der Waals surface area (Å²) in [5.41, 5.74) is 2.13. The van der Waals surface area contributed by atoms with E-state index in [4.69, 9.17) is 0 Å². The molecule has 0 aliphatic carbocycles. The van der Waals surface area contributed by atoms with Gasteiger partial charge < -0.3 is 0 Å². The summed E-state index contributed by atoms with van der Waals surface area (Å²) >= 11 is 3.43. The van der Waals surface area contributed by atoms with Crippen molar-refractivity contribution in [3.8, 4) is 0 Å². The Morgan fingerprint density at radius 2 is 1.33 bits per heavy atom. The van der Waals surface area contributed by atoms with Crippen molar-refractivity contribution in [3.05, 3.63) is 44.8 Å². The second-order valence-electron chi connectivity index (χ2n) is 3.76. The largest absolute Gasteiger partial charge is 0.154 e. The number of thiophene rings is 2. The Balaban J connectivity index is 2.26. The predicted molar refractivity (Wildman–Crippen MR) is 82.3 cm³/mol. The van der Waals surface area contributed by atoms with Crippen molar-refractivity contribution < 1.29 is 0 Å². The molecule has 18 heavy (non-hydrogen) atoms. The molecule has 0 aliphatic rings. The van der Waals surface area contributed by atoms with Gasteiger partial charge >= 0.3 is 0 Å². The second-order valence-corrected chi connectivity index (χ2v) is 5.65. The molecule has 0 spiro atoms. The van der Waals surface area contributed by atoms with Crippen LogP contribution in [0, 0.1) is 0 Å². The van der Waals surface area contributed by atoms with Gasteiger partial charge in [-0.05, 0) is 35.7 Å². The molecule has 2 nitrogen and oxygen atoms in total. The quantitative estimate of drug-likeness (QED) is 0.552. The van der Waals surface area contributed by atoms with Gasteiger partial charge in [0.05, 0.1) is 21.2 Å². The number of rotatable bonds is 5. The molecule has 0 N–H and O–H groups in total. The van der Waals surface area contributed by atoms with E-state index in [1.807, 2.05) is 0 Å². The summed E-state index contributed by atoms with van der Waals surface area (Å²) in [5, 5.41) is 13.0. The first-order chi connectivity index (χ1) is 8.85. The van der Waals surface area contributed by atoms with E-state index in [9.17, 15) is 0 Å². The maximum atomic E-state index is 4.43. The minimum atomic E-state index is 0.908. The fourth-order valence-corrected chi connectivity index (χ4v) is 3.16. The van der Waals surface area contributed by atoms with Crippen LogP contribution in [0.25, 0.3) is 0 Å². The topological polar surface area (TPSA) is 24.7 Å². The standard InChI is InChI=1S/C14H16N2S2/c1-3-11(13-7-5-9-17-13)15-16-12(4-2)14-8-6-10-18-14/h5-10H,3-4H2,1-2H3/b15-11+,16-12?. The molecule has 2 aromatic rings. The first-order valence-electron chi connectivity index (χ1n) is 6.06. The van der Waals surface area contributed by atoms with Crippen molar-refractivity contribution in [1.29, 1.82) is 0 Å². The number of hydrogen-bond acceptors (Lipinski definition) is 4. The van der Waals surface area contributed by atoms with Crippen LogP contribution in [0.2, 0.25) is 0 Å². The van der Waals surface area contributed by atoms with Crippen LogP contribution >= 0.6 is 22.7 Å². The van der Waals surface area contributed by atoms with Crippen molar-refractivity contribution >= 4 is 34.1 Å². The van der Waals surface area contributed by atoms with E-state index in [0.29, 0.717) is 0 Å². The van der Waals surface area contributed by atoms with Crippen molar-refractivity contribution in [2.45, 2.75) is 26.7 Å². The third-order valence-electron chi connectivity index (χ3n) is 2.57. The third kappa shape index (κ3) is 3.15. The van der Waals surface area contributed by atoms with Crippen LogP contribution < -0.4 is 0 Å². The Morgan fingerprint density at radius 3 is 1.61 bits per heavy atom. The molecule has 0 radical (unpaired) electrons. The molecule has 0 aliphatic heterocycles.